The molecule has 0 aliphatic carbocycles. The zero-order valence-corrected chi connectivity index (χ0v) is 11.3. The molecular weight excluding hydrogens is 290 g/mol. The van der Waals surface area contributed by atoms with E-state index in [4.69, 9.17) is 26.2 Å². The average Bonchev–Trinajstić information content (AvgIpc) is 2.94. The SMILES string of the molecule is Cc1sc(-c2cc(Cl)c3c(c2)OCO3)nc1C(=O)O. The second kappa shape index (κ2) is 4.40. The molecule has 19 heavy (non-hydrogen) atoms. The van der Waals surface area contributed by atoms with Crippen LogP contribution in [-0.4, -0.2) is 22.9 Å². The maximum absolute atomic E-state index is 11.0. The third kappa shape index (κ3) is 2.02. The highest BCUT2D eigenvalue weighted by molar-refractivity contribution is 7.15. The molecule has 2 heterocycles. The van der Waals surface area contributed by atoms with Gasteiger partial charge in [0.2, 0.25) is 6.79 Å². The molecule has 0 spiro atoms. The number of hydrogen-bond donors (Lipinski definition) is 1. The molecule has 2 aromatic rings. The number of thiazole rings is 1. The van der Waals surface area contributed by atoms with E-state index in [1.807, 2.05) is 0 Å². The van der Waals surface area contributed by atoms with Crippen LogP contribution in [0.15, 0.2) is 12.1 Å². The van der Waals surface area contributed by atoms with Crippen molar-refractivity contribution in [3.8, 4) is 22.1 Å². The summed E-state index contributed by atoms with van der Waals surface area (Å²) in [5, 5.41) is 10.0. The standard InChI is InChI=1S/C12H8ClNO4S/c1-5-9(12(15)16)14-11(19-5)6-2-7(13)10-8(3-6)17-4-18-10/h2-3H,4H2,1H3,(H,15,16). The number of aromatic carboxylic acids is 1. The lowest BCUT2D eigenvalue weighted by Gasteiger charge is -2.02. The second-order valence-electron chi connectivity index (χ2n) is 3.92. The molecule has 0 bridgehead atoms. The fourth-order valence-corrected chi connectivity index (χ4v) is 2.97. The Hall–Kier alpha value is -1.79. The monoisotopic (exact) mass is 297 g/mol. The lowest BCUT2D eigenvalue weighted by molar-refractivity contribution is 0.0690. The van der Waals surface area contributed by atoms with Gasteiger partial charge in [0.25, 0.3) is 0 Å². The van der Waals surface area contributed by atoms with Crippen molar-refractivity contribution in [2.45, 2.75) is 6.92 Å². The highest BCUT2D eigenvalue weighted by Crippen LogP contribution is 2.43. The number of carbonyl (C=O) groups is 1. The third-order valence-electron chi connectivity index (χ3n) is 2.67. The number of rotatable bonds is 2. The number of carboxylic acids is 1. The van der Waals surface area contributed by atoms with Crippen LogP contribution >= 0.6 is 22.9 Å². The van der Waals surface area contributed by atoms with Crippen LogP contribution in [0.2, 0.25) is 5.02 Å². The van der Waals surface area contributed by atoms with E-state index in [0.29, 0.717) is 26.4 Å². The fraction of sp³-hybridized carbons (Fsp3) is 0.167. The molecule has 5 nitrogen and oxygen atoms in total. The van der Waals surface area contributed by atoms with Crippen LogP contribution in [0.1, 0.15) is 15.4 Å². The van der Waals surface area contributed by atoms with E-state index < -0.39 is 5.97 Å². The van der Waals surface area contributed by atoms with Crippen molar-refractivity contribution in [2.24, 2.45) is 0 Å². The number of aromatic nitrogens is 1. The number of fused-ring (bicyclic) bond motifs is 1. The molecule has 0 saturated heterocycles. The molecule has 1 aromatic carbocycles. The Kier molecular flexibility index (Phi) is 2.83. The quantitative estimate of drug-likeness (QED) is 0.922. The van der Waals surface area contributed by atoms with E-state index in [2.05, 4.69) is 4.98 Å². The Bertz CT molecular complexity index is 683. The van der Waals surface area contributed by atoms with Crippen molar-refractivity contribution in [3.05, 3.63) is 27.7 Å². The van der Waals surface area contributed by atoms with Gasteiger partial charge in [0.15, 0.2) is 17.2 Å². The first-order valence-electron chi connectivity index (χ1n) is 5.36. The van der Waals surface area contributed by atoms with Gasteiger partial charge in [-0.05, 0) is 19.1 Å². The number of halogens is 1. The van der Waals surface area contributed by atoms with Gasteiger partial charge in [-0.25, -0.2) is 9.78 Å². The maximum atomic E-state index is 11.0. The molecule has 0 amide bonds. The minimum Gasteiger partial charge on any atom is -0.476 e. The van der Waals surface area contributed by atoms with Gasteiger partial charge >= 0.3 is 5.97 Å². The van der Waals surface area contributed by atoms with E-state index in [1.165, 1.54) is 11.3 Å². The molecule has 1 aromatic heterocycles. The van der Waals surface area contributed by atoms with Crippen LogP contribution in [0.5, 0.6) is 11.5 Å². The highest BCUT2D eigenvalue weighted by atomic mass is 35.5. The topological polar surface area (TPSA) is 68.7 Å². The summed E-state index contributed by atoms with van der Waals surface area (Å²) in [4.78, 5) is 15.8. The Morgan fingerprint density at radius 3 is 2.95 bits per heavy atom. The molecule has 0 saturated carbocycles. The number of hydrogen-bond acceptors (Lipinski definition) is 5. The normalized spacial score (nSPS) is 12.7. The molecule has 1 N–H and O–H groups in total. The van der Waals surface area contributed by atoms with Gasteiger partial charge in [0, 0.05) is 10.4 Å². The summed E-state index contributed by atoms with van der Waals surface area (Å²) in [7, 11) is 0. The number of ether oxygens (including phenoxy) is 2. The van der Waals surface area contributed by atoms with Crippen LogP contribution in [0.3, 0.4) is 0 Å². The molecule has 0 radical (unpaired) electrons. The smallest absolute Gasteiger partial charge is 0.355 e. The van der Waals surface area contributed by atoms with Crippen LogP contribution in [0, 0.1) is 6.92 Å². The number of aryl methyl sites for hydroxylation is 1. The summed E-state index contributed by atoms with van der Waals surface area (Å²) in [6.45, 7) is 1.86. The molecule has 0 unspecified atom stereocenters. The van der Waals surface area contributed by atoms with Gasteiger partial charge in [-0.3, -0.25) is 0 Å². The van der Waals surface area contributed by atoms with Crippen LogP contribution < -0.4 is 9.47 Å². The Morgan fingerprint density at radius 1 is 1.47 bits per heavy atom. The molecule has 1 aliphatic rings. The molecule has 1 aliphatic heterocycles. The van der Waals surface area contributed by atoms with Crippen molar-refractivity contribution in [2.75, 3.05) is 6.79 Å². The fourth-order valence-electron chi connectivity index (χ4n) is 1.81. The van der Waals surface area contributed by atoms with Gasteiger partial charge in [-0.2, -0.15) is 0 Å². The number of carboxylic acid groups (broad SMARTS) is 1. The minimum atomic E-state index is -1.04. The predicted octanol–water partition coefficient (Wildman–Crippen LogP) is 3.20. The first-order chi connectivity index (χ1) is 9.06. The molecule has 3 rings (SSSR count). The van der Waals surface area contributed by atoms with E-state index >= 15 is 0 Å². The summed E-state index contributed by atoms with van der Waals surface area (Å²) in [6, 6.07) is 3.44. The van der Waals surface area contributed by atoms with Crippen molar-refractivity contribution >= 4 is 28.9 Å². The third-order valence-corrected chi connectivity index (χ3v) is 3.97. The van der Waals surface area contributed by atoms with Crippen LogP contribution in [0.25, 0.3) is 10.6 Å². The molecule has 0 atom stereocenters. The van der Waals surface area contributed by atoms with Crippen molar-refractivity contribution in [3.63, 3.8) is 0 Å². The molecule has 98 valence electrons. The van der Waals surface area contributed by atoms with Crippen LogP contribution in [0.4, 0.5) is 0 Å². The van der Waals surface area contributed by atoms with Crippen molar-refractivity contribution in [1.29, 1.82) is 0 Å². The largest absolute Gasteiger partial charge is 0.476 e. The number of nitrogens with zero attached hydrogens (tertiary/aromatic N) is 1. The van der Waals surface area contributed by atoms with E-state index in [-0.39, 0.29) is 12.5 Å². The maximum Gasteiger partial charge on any atom is 0.355 e. The predicted molar refractivity (Wildman–Crippen MR) is 70.4 cm³/mol. The summed E-state index contributed by atoms with van der Waals surface area (Å²) in [5.41, 5.74) is 0.781. The lowest BCUT2D eigenvalue weighted by Crippen LogP contribution is -1.98. The van der Waals surface area contributed by atoms with Gasteiger partial charge in [-0.1, -0.05) is 11.6 Å². The van der Waals surface area contributed by atoms with Gasteiger partial charge in [-0.15, -0.1) is 11.3 Å². The van der Waals surface area contributed by atoms with Gasteiger partial charge < -0.3 is 14.6 Å². The summed E-state index contributed by atoms with van der Waals surface area (Å²) < 4.78 is 10.5. The highest BCUT2D eigenvalue weighted by Gasteiger charge is 2.21. The first-order valence-corrected chi connectivity index (χ1v) is 6.56. The van der Waals surface area contributed by atoms with Crippen molar-refractivity contribution < 1.29 is 19.4 Å². The van der Waals surface area contributed by atoms with E-state index in [9.17, 15) is 4.79 Å². The van der Waals surface area contributed by atoms with Gasteiger partial charge in [0.1, 0.15) is 5.01 Å². The molecule has 7 heteroatoms. The van der Waals surface area contributed by atoms with E-state index in [0.717, 1.165) is 5.56 Å². The Balaban J connectivity index is 2.10. The molecular formula is C12H8ClNO4S. The second-order valence-corrected chi connectivity index (χ2v) is 5.53. The number of benzene rings is 1. The first kappa shape index (κ1) is 12.3. The lowest BCUT2D eigenvalue weighted by atomic mass is 10.2. The summed E-state index contributed by atoms with van der Waals surface area (Å²) in [6.07, 6.45) is 0. The van der Waals surface area contributed by atoms with Crippen LogP contribution in [-0.2, 0) is 0 Å². The molecule has 0 fully saturated rings. The Morgan fingerprint density at radius 2 is 2.26 bits per heavy atom. The summed E-state index contributed by atoms with van der Waals surface area (Å²) >= 11 is 7.39. The summed E-state index contributed by atoms with van der Waals surface area (Å²) in [5.74, 6) is 0.0243. The average molecular weight is 298 g/mol. The Labute approximate surface area is 117 Å². The van der Waals surface area contributed by atoms with Crippen molar-refractivity contribution in [1.82, 2.24) is 4.98 Å². The van der Waals surface area contributed by atoms with Gasteiger partial charge in [0.05, 0.1) is 5.02 Å². The minimum absolute atomic E-state index is 0.0637. The zero-order chi connectivity index (χ0) is 13.6. The van der Waals surface area contributed by atoms with E-state index in [1.54, 1.807) is 19.1 Å². The zero-order valence-electron chi connectivity index (χ0n) is 9.77.